The summed E-state index contributed by atoms with van der Waals surface area (Å²) in [6, 6.07) is 0.978. The van der Waals surface area contributed by atoms with Crippen molar-refractivity contribution in [3.05, 3.63) is 23.8 Å². The third-order valence-electron chi connectivity index (χ3n) is 2.69. The molecule has 1 rings (SSSR count). The summed E-state index contributed by atoms with van der Waals surface area (Å²) in [5.41, 5.74) is 0. The zero-order valence-corrected chi connectivity index (χ0v) is 13.0. The Labute approximate surface area is 125 Å². The molecule has 0 aromatic heterocycles. The molecule has 0 heterocycles. The maximum atomic E-state index is 13.6. The number of carbonyl (C=O) groups is 1. The zero-order chi connectivity index (χ0) is 16.2. The maximum Gasteiger partial charge on any atom is 0.265 e. The monoisotopic (exact) mass is 341 g/mol. The second-order valence-corrected chi connectivity index (χ2v) is 6.54. The molecular weight excluding hydrogens is 328 g/mol. The van der Waals surface area contributed by atoms with Gasteiger partial charge in [0.05, 0.1) is 0 Å². The molecule has 118 valence electrons. The number of benzene rings is 1. The lowest BCUT2D eigenvalue weighted by Gasteiger charge is -2.19. The number of hydrogen-bond donors (Lipinski definition) is 0. The van der Waals surface area contributed by atoms with Crippen molar-refractivity contribution in [3.63, 3.8) is 0 Å². The number of carbonyl (C=O) groups excluding carboxylic acids is 1. The zero-order valence-electron chi connectivity index (χ0n) is 11.4. The Bertz CT molecular complexity index is 632. The first-order valence-corrected chi connectivity index (χ1v) is 8.35. The number of likely N-dealkylation sites (N-methyl/N-ethyl adjacent to an activating group) is 1. The van der Waals surface area contributed by atoms with Crippen LogP contribution in [0.1, 0.15) is 13.8 Å². The van der Waals surface area contributed by atoms with Gasteiger partial charge in [0.1, 0.15) is 10.7 Å². The van der Waals surface area contributed by atoms with Crippen LogP contribution in [0.25, 0.3) is 0 Å². The number of halogens is 3. The third kappa shape index (κ3) is 4.53. The molecule has 0 saturated heterocycles. The Kier molecular flexibility index (Phi) is 5.91. The van der Waals surface area contributed by atoms with Gasteiger partial charge in [0.15, 0.2) is 18.2 Å². The summed E-state index contributed by atoms with van der Waals surface area (Å²) in [6.07, 6.45) is 0. The van der Waals surface area contributed by atoms with E-state index in [-0.39, 0.29) is 0 Å². The molecule has 0 radical (unpaired) electrons. The van der Waals surface area contributed by atoms with E-state index < -0.39 is 43.8 Å². The smallest absolute Gasteiger partial charge is 0.265 e. The van der Waals surface area contributed by atoms with E-state index in [1.165, 1.54) is 4.90 Å². The topological polar surface area (TPSA) is 63.7 Å². The van der Waals surface area contributed by atoms with Crippen molar-refractivity contribution >= 4 is 25.6 Å². The van der Waals surface area contributed by atoms with E-state index in [0.717, 1.165) is 0 Å². The molecule has 0 fully saturated rings. The van der Waals surface area contributed by atoms with E-state index in [1.807, 2.05) is 0 Å². The van der Waals surface area contributed by atoms with Crippen LogP contribution >= 0.6 is 10.7 Å². The Hall–Kier alpha value is -1.41. The van der Waals surface area contributed by atoms with Gasteiger partial charge < -0.3 is 9.64 Å². The molecule has 1 aromatic carbocycles. The standard InChI is InChI=1S/C12H14ClF2NO4S/c1-3-16(4-2)11(17)7-20-12-9(15)5-8(14)6-10(12)21(13,18)19/h5-6H,3-4,7H2,1-2H3. The van der Waals surface area contributed by atoms with E-state index in [1.54, 1.807) is 13.8 Å². The lowest BCUT2D eigenvalue weighted by atomic mass is 10.3. The predicted molar refractivity (Wildman–Crippen MR) is 72.8 cm³/mol. The van der Waals surface area contributed by atoms with Gasteiger partial charge in [-0.1, -0.05) is 0 Å². The van der Waals surface area contributed by atoms with Crippen molar-refractivity contribution in [2.24, 2.45) is 0 Å². The van der Waals surface area contributed by atoms with E-state index in [0.29, 0.717) is 25.2 Å². The van der Waals surface area contributed by atoms with Crippen LogP contribution in [0.5, 0.6) is 5.75 Å². The van der Waals surface area contributed by atoms with Crippen LogP contribution in [0, 0.1) is 11.6 Å². The van der Waals surface area contributed by atoms with Gasteiger partial charge in [-0.2, -0.15) is 0 Å². The first-order valence-electron chi connectivity index (χ1n) is 6.05. The lowest BCUT2D eigenvalue weighted by molar-refractivity contribution is -0.133. The second-order valence-electron chi connectivity index (χ2n) is 4.01. The van der Waals surface area contributed by atoms with E-state index in [4.69, 9.17) is 15.4 Å². The normalized spacial score (nSPS) is 11.3. The molecule has 0 spiro atoms. The number of hydrogen-bond acceptors (Lipinski definition) is 4. The van der Waals surface area contributed by atoms with Gasteiger partial charge in [-0.15, -0.1) is 0 Å². The fraction of sp³-hybridized carbons (Fsp3) is 0.417. The number of rotatable bonds is 6. The van der Waals surface area contributed by atoms with Crippen LogP contribution in [0.3, 0.4) is 0 Å². The van der Waals surface area contributed by atoms with Gasteiger partial charge in [0, 0.05) is 29.8 Å². The van der Waals surface area contributed by atoms with Gasteiger partial charge in [-0.3, -0.25) is 4.79 Å². The molecule has 0 atom stereocenters. The van der Waals surface area contributed by atoms with Crippen LogP contribution in [-0.4, -0.2) is 38.9 Å². The molecule has 9 heteroatoms. The van der Waals surface area contributed by atoms with Crippen molar-refractivity contribution in [1.82, 2.24) is 4.90 Å². The molecular formula is C12H14ClF2NO4S. The molecule has 5 nitrogen and oxygen atoms in total. The lowest BCUT2D eigenvalue weighted by Crippen LogP contribution is -2.34. The van der Waals surface area contributed by atoms with Crippen molar-refractivity contribution in [2.75, 3.05) is 19.7 Å². The number of nitrogens with zero attached hydrogens (tertiary/aromatic N) is 1. The molecule has 0 saturated carbocycles. The minimum Gasteiger partial charge on any atom is -0.479 e. The molecule has 1 amide bonds. The highest BCUT2D eigenvalue weighted by Crippen LogP contribution is 2.30. The minimum absolute atomic E-state index is 0.422. The summed E-state index contributed by atoms with van der Waals surface area (Å²) >= 11 is 0. The Morgan fingerprint density at radius 1 is 1.29 bits per heavy atom. The summed E-state index contributed by atoms with van der Waals surface area (Å²) in [7, 11) is 0.688. The molecule has 21 heavy (non-hydrogen) atoms. The van der Waals surface area contributed by atoms with Gasteiger partial charge >= 0.3 is 0 Å². The van der Waals surface area contributed by atoms with Gasteiger partial charge in [-0.05, 0) is 19.9 Å². The van der Waals surface area contributed by atoms with Crippen molar-refractivity contribution in [1.29, 1.82) is 0 Å². The fourth-order valence-corrected chi connectivity index (χ4v) is 2.63. The highest BCUT2D eigenvalue weighted by atomic mass is 35.7. The van der Waals surface area contributed by atoms with Crippen molar-refractivity contribution in [3.8, 4) is 5.75 Å². The first kappa shape index (κ1) is 17.6. The average molecular weight is 342 g/mol. The summed E-state index contributed by atoms with van der Waals surface area (Å²) in [6.45, 7) is 3.75. The van der Waals surface area contributed by atoms with E-state index in [9.17, 15) is 22.0 Å². The van der Waals surface area contributed by atoms with Gasteiger partial charge in [0.2, 0.25) is 0 Å². The molecule has 0 aliphatic rings. The molecule has 0 N–H and O–H groups in total. The first-order chi connectivity index (χ1) is 9.70. The molecule has 0 aliphatic heterocycles. The summed E-state index contributed by atoms with van der Waals surface area (Å²) < 4.78 is 54.2. The highest BCUT2D eigenvalue weighted by molar-refractivity contribution is 8.13. The summed E-state index contributed by atoms with van der Waals surface area (Å²) in [5.74, 6) is -3.59. The van der Waals surface area contributed by atoms with Crippen LogP contribution in [0.15, 0.2) is 17.0 Å². The maximum absolute atomic E-state index is 13.6. The molecule has 0 bridgehead atoms. The van der Waals surface area contributed by atoms with Gasteiger partial charge in [0.25, 0.3) is 15.0 Å². The Balaban J connectivity index is 3.06. The predicted octanol–water partition coefficient (Wildman–Crippen LogP) is 2.14. The average Bonchev–Trinajstić information content (AvgIpc) is 2.37. The van der Waals surface area contributed by atoms with Crippen LogP contribution in [0.4, 0.5) is 8.78 Å². The summed E-state index contributed by atoms with van der Waals surface area (Å²) in [4.78, 5) is 12.3. The third-order valence-corrected chi connectivity index (χ3v) is 4.02. The summed E-state index contributed by atoms with van der Waals surface area (Å²) in [5, 5.41) is 0. The Morgan fingerprint density at radius 3 is 2.33 bits per heavy atom. The van der Waals surface area contributed by atoms with Gasteiger partial charge in [-0.25, -0.2) is 17.2 Å². The fourth-order valence-electron chi connectivity index (χ4n) is 1.66. The highest BCUT2D eigenvalue weighted by Gasteiger charge is 2.23. The number of ether oxygens (including phenoxy) is 1. The largest absolute Gasteiger partial charge is 0.479 e. The molecule has 0 unspecified atom stereocenters. The van der Waals surface area contributed by atoms with Crippen LogP contribution in [0.2, 0.25) is 0 Å². The van der Waals surface area contributed by atoms with E-state index >= 15 is 0 Å². The quantitative estimate of drug-likeness (QED) is 0.744. The van der Waals surface area contributed by atoms with Crippen LogP contribution in [-0.2, 0) is 13.8 Å². The Morgan fingerprint density at radius 2 is 1.86 bits per heavy atom. The van der Waals surface area contributed by atoms with Crippen molar-refractivity contribution < 1.29 is 26.7 Å². The minimum atomic E-state index is -4.42. The number of amides is 1. The second kappa shape index (κ2) is 7.04. The van der Waals surface area contributed by atoms with E-state index in [2.05, 4.69) is 0 Å². The van der Waals surface area contributed by atoms with Crippen molar-refractivity contribution in [2.45, 2.75) is 18.7 Å². The SMILES string of the molecule is CCN(CC)C(=O)COc1c(F)cc(F)cc1S(=O)(=O)Cl. The van der Waals surface area contributed by atoms with Crippen LogP contribution < -0.4 is 4.74 Å². The molecule has 1 aromatic rings. The molecule has 0 aliphatic carbocycles.